The van der Waals surface area contributed by atoms with Gasteiger partial charge < -0.3 is 10.2 Å². The molecule has 10 nitrogen and oxygen atoms in total. The molecule has 2 aliphatic heterocycles. The topological polar surface area (TPSA) is 150 Å². The molecule has 0 radical (unpaired) electrons. The number of para-hydroxylation sites is 1. The fourth-order valence-electron chi connectivity index (χ4n) is 4.35. The zero-order chi connectivity index (χ0) is 21.8. The molecule has 2 aliphatic rings. The van der Waals surface area contributed by atoms with Crippen molar-refractivity contribution in [3.63, 3.8) is 0 Å². The lowest BCUT2D eigenvalue weighted by atomic mass is 9.80. The van der Waals surface area contributed by atoms with E-state index in [2.05, 4.69) is 5.32 Å². The first-order valence-corrected chi connectivity index (χ1v) is 9.08. The number of amides is 2. The van der Waals surface area contributed by atoms with Crippen LogP contribution in [0.3, 0.4) is 0 Å². The van der Waals surface area contributed by atoms with Gasteiger partial charge in [-0.25, -0.2) is 4.90 Å². The summed E-state index contributed by atoms with van der Waals surface area (Å²) >= 11 is 0. The Labute approximate surface area is 169 Å². The molecule has 0 saturated carbocycles. The number of hydrogen-bond donors (Lipinski definition) is 3. The Hall–Kier alpha value is -3.79. The second-order valence-corrected chi connectivity index (χ2v) is 7.48. The number of phenolic OH excluding ortho intramolecular Hbond substituents is 1. The minimum absolute atomic E-state index is 0.00243. The summed E-state index contributed by atoms with van der Waals surface area (Å²) in [6.45, 7) is 1.31. The number of rotatable bonds is 4. The average Bonchev–Trinajstić information content (AvgIpc) is 3.16. The molecule has 0 aromatic heterocycles. The lowest BCUT2D eigenvalue weighted by molar-refractivity contribution is -0.384. The Morgan fingerprint density at radius 3 is 2.50 bits per heavy atom. The van der Waals surface area contributed by atoms with Gasteiger partial charge in [0.2, 0.25) is 11.8 Å². The predicted molar refractivity (Wildman–Crippen MR) is 103 cm³/mol. The van der Waals surface area contributed by atoms with E-state index in [0.29, 0.717) is 5.56 Å². The summed E-state index contributed by atoms with van der Waals surface area (Å²) < 4.78 is 0. The molecule has 10 heteroatoms. The van der Waals surface area contributed by atoms with Crippen molar-refractivity contribution in [1.29, 1.82) is 0 Å². The van der Waals surface area contributed by atoms with Gasteiger partial charge in [-0.3, -0.25) is 29.8 Å². The van der Waals surface area contributed by atoms with E-state index in [1.807, 2.05) is 0 Å². The van der Waals surface area contributed by atoms with Gasteiger partial charge in [0.25, 0.3) is 5.69 Å². The molecule has 2 amide bonds. The van der Waals surface area contributed by atoms with Crippen LogP contribution >= 0.6 is 0 Å². The molecule has 30 heavy (non-hydrogen) atoms. The number of anilines is 1. The number of phenols is 1. The molecule has 3 N–H and O–H groups in total. The molecular formula is C20H17N3O7. The molecule has 4 atom stereocenters. The van der Waals surface area contributed by atoms with E-state index in [4.69, 9.17) is 0 Å². The van der Waals surface area contributed by atoms with Gasteiger partial charge >= 0.3 is 5.97 Å². The first-order chi connectivity index (χ1) is 14.2. The van der Waals surface area contributed by atoms with Gasteiger partial charge in [-0.15, -0.1) is 0 Å². The summed E-state index contributed by atoms with van der Waals surface area (Å²) in [6, 6.07) is 10.3. The van der Waals surface area contributed by atoms with Crippen LogP contribution in [0.5, 0.6) is 5.75 Å². The van der Waals surface area contributed by atoms with Crippen molar-refractivity contribution in [2.75, 3.05) is 4.90 Å². The summed E-state index contributed by atoms with van der Waals surface area (Å²) in [4.78, 5) is 49.9. The molecule has 0 spiro atoms. The number of hydrogen-bond acceptors (Lipinski definition) is 7. The average molecular weight is 411 g/mol. The van der Waals surface area contributed by atoms with E-state index in [9.17, 15) is 34.7 Å². The maximum atomic E-state index is 13.3. The van der Waals surface area contributed by atoms with Crippen molar-refractivity contribution in [1.82, 2.24) is 5.32 Å². The lowest BCUT2D eigenvalue weighted by Crippen LogP contribution is -2.53. The normalized spacial score (nSPS) is 27.9. The molecule has 0 aliphatic carbocycles. The third-order valence-electron chi connectivity index (χ3n) is 5.80. The number of carbonyl (C=O) groups excluding carboxylic acids is 2. The molecule has 2 aromatic carbocycles. The number of nitrogens with zero attached hydrogens (tertiary/aromatic N) is 2. The highest BCUT2D eigenvalue weighted by molar-refractivity contribution is 6.24. The van der Waals surface area contributed by atoms with Crippen LogP contribution in [0.25, 0.3) is 0 Å². The predicted octanol–water partition coefficient (Wildman–Crippen LogP) is 1.59. The summed E-state index contributed by atoms with van der Waals surface area (Å²) in [5.41, 5.74) is -1.79. The summed E-state index contributed by atoms with van der Waals surface area (Å²) in [6.07, 6.45) is 0. The maximum absolute atomic E-state index is 13.3. The molecular weight excluding hydrogens is 394 g/mol. The standard InChI is InChI=1S/C20H17N3O7/c1-20(19(27)28)15-14(16(21-20)12-7-2-3-8-13(12)24)17(25)22(18(15)26)10-5-4-6-11(9-10)23(29)30/h2-9,14-16,21,24H,1H3,(H,27,28). The van der Waals surface area contributed by atoms with E-state index in [1.165, 1.54) is 31.2 Å². The molecule has 4 unspecified atom stereocenters. The molecule has 4 rings (SSSR count). The SMILES string of the molecule is CC1(C(=O)O)NC(c2ccccc2O)C2C(=O)N(c3cccc([N+](=O)[O-])c3)C(=O)C21. The summed E-state index contributed by atoms with van der Waals surface area (Å²) in [5.74, 6) is -5.27. The van der Waals surface area contributed by atoms with Crippen LogP contribution < -0.4 is 10.2 Å². The minimum Gasteiger partial charge on any atom is -0.508 e. The minimum atomic E-state index is -1.78. The highest BCUT2D eigenvalue weighted by Crippen LogP contribution is 2.51. The van der Waals surface area contributed by atoms with Crippen LogP contribution in [0.1, 0.15) is 18.5 Å². The summed E-state index contributed by atoms with van der Waals surface area (Å²) in [7, 11) is 0. The lowest BCUT2D eigenvalue weighted by Gasteiger charge is -2.27. The number of carboxylic acid groups (broad SMARTS) is 1. The Balaban J connectivity index is 1.84. The molecule has 0 bridgehead atoms. The Morgan fingerprint density at radius 1 is 1.17 bits per heavy atom. The second-order valence-electron chi connectivity index (χ2n) is 7.48. The molecule has 2 aromatic rings. The molecule has 2 fully saturated rings. The molecule has 2 saturated heterocycles. The maximum Gasteiger partial charge on any atom is 0.324 e. The van der Waals surface area contributed by atoms with Crippen molar-refractivity contribution in [3.05, 3.63) is 64.2 Å². The van der Waals surface area contributed by atoms with Crippen LogP contribution in [0.2, 0.25) is 0 Å². The van der Waals surface area contributed by atoms with E-state index >= 15 is 0 Å². The monoisotopic (exact) mass is 411 g/mol. The number of non-ortho nitro benzene ring substituents is 1. The molecule has 2 heterocycles. The van der Waals surface area contributed by atoms with Gasteiger partial charge in [0.1, 0.15) is 11.3 Å². The number of benzene rings is 2. The zero-order valence-corrected chi connectivity index (χ0v) is 15.7. The van der Waals surface area contributed by atoms with Crippen molar-refractivity contribution >= 4 is 29.2 Å². The van der Waals surface area contributed by atoms with E-state index in [0.717, 1.165) is 11.0 Å². The largest absolute Gasteiger partial charge is 0.508 e. The quantitative estimate of drug-likeness (QED) is 0.390. The van der Waals surface area contributed by atoms with Crippen LogP contribution in [-0.4, -0.2) is 38.5 Å². The highest BCUT2D eigenvalue weighted by Gasteiger charge is 2.67. The van der Waals surface area contributed by atoms with Crippen LogP contribution in [-0.2, 0) is 14.4 Å². The van der Waals surface area contributed by atoms with Gasteiger partial charge in [0, 0.05) is 23.7 Å². The number of aliphatic carboxylic acids is 1. The van der Waals surface area contributed by atoms with Gasteiger partial charge in [-0.2, -0.15) is 0 Å². The number of nitrogens with one attached hydrogen (secondary N) is 1. The number of imide groups is 1. The van der Waals surface area contributed by atoms with Crippen molar-refractivity contribution in [3.8, 4) is 5.75 Å². The van der Waals surface area contributed by atoms with Crippen molar-refractivity contribution in [2.24, 2.45) is 11.8 Å². The van der Waals surface area contributed by atoms with E-state index < -0.39 is 46.1 Å². The van der Waals surface area contributed by atoms with Gasteiger partial charge in [-0.05, 0) is 19.1 Å². The van der Waals surface area contributed by atoms with Gasteiger partial charge in [0.05, 0.1) is 22.4 Å². The number of fused-ring (bicyclic) bond motifs is 1. The number of carboxylic acids is 1. The van der Waals surface area contributed by atoms with Crippen LogP contribution in [0.15, 0.2) is 48.5 Å². The first-order valence-electron chi connectivity index (χ1n) is 9.08. The Kier molecular flexibility index (Phi) is 4.31. The highest BCUT2D eigenvalue weighted by atomic mass is 16.6. The van der Waals surface area contributed by atoms with E-state index in [1.54, 1.807) is 18.2 Å². The third kappa shape index (κ3) is 2.65. The fraction of sp³-hybridized carbons (Fsp3) is 0.250. The number of aromatic hydroxyl groups is 1. The fourth-order valence-corrected chi connectivity index (χ4v) is 4.35. The third-order valence-corrected chi connectivity index (χ3v) is 5.80. The number of nitro groups is 1. The van der Waals surface area contributed by atoms with Gasteiger partial charge in [0.15, 0.2) is 0 Å². The van der Waals surface area contributed by atoms with Crippen LogP contribution in [0, 0.1) is 22.0 Å². The molecule has 154 valence electrons. The van der Waals surface area contributed by atoms with Crippen molar-refractivity contribution < 1.29 is 29.5 Å². The first kappa shape index (κ1) is 19.5. The number of carbonyl (C=O) groups is 3. The Bertz CT molecular complexity index is 1100. The van der Waals surface area contributed by atoms with Crippen molar-refractivity contribution in [2.45, 2.75) is 18.5 Å². The number of nitro benzene ring substituents is 1. The van der Waals surface area contributed by atoms with Gasteiger partial charge in [-0.1, -0.05) is 24.3 Å². The zero-order valence-electron chi connectivity index (χ0n) is 15.7. The van der Waals surface area contributed by atoms with Crippen LogP contribution in [0.4, 0.5) is 11.4 Å². The second kappa shape index (κ2) is 6.63. The Morgan fingerprint density at radius 2 is 1.87 bits per heavy atom. The smallest absolute Gasteiger partial charge is 0.324 e. The summed E-state index contributed by atoms with van der Waals surface area (Å²) in [5, 5.41) is 34.0. The van der Waals surface area contributed by atoms with E-state index in [-0.39, 0.29) is 17.1 Å².